The van der Waals surface area contributed by atoms with Crippen molar-refractivity contribution in [2.45, 2.75) is 61.5 Å². The van der Waals surface area contributed by atoms with Gasteiger partial charge in [-0.25, -0.2) is 33.7 Å². The molecular formula is C22H26FN10O8PS. The van der Waals surface area contributed by atoms with Crippen molar-refractivity contribution >= 4 is 54.3 Å². The third kappa shape index (κ3) is 4.73. The second kappa shape index (κ2) is 10.4. The SMILES string of the molecule is CN1C=NC(N)c2ncn([C@@H]3C[C@@H]4OP(=O)(S)O[C@H]5[C@@H](F)[C@H](n6cnc7c(N)ncnc76)O[C@@H]5COC(=O)O[C@@H]3[C@@H]4O)c21. The molecule has 21 heteroatoms. The fourth-order valence-corrected chi connectivity index (χ4v) is 7.69. The van der Waals surface area contributed by atoms with Gasteiger partial charge in [-0.1, -0.05) is 12.2 Å². The summed E-state index contributed by atoms with van der Waals surface area (Å²) in [7, 11) is 1.72. The van der Waals surface area contributed by atoms with Crippen molar-refractivity contribution in [1.29, 1.82) is 0 Å². The van der Waals surface area contributed by atoms with E-state index in [0.717, 1.165) is 0 Å². The van der Waals surface area contributed by atoms with Gasteiger partial charge in [-0.05, 0) is 0 Å². The van der Waals surface area contributed by atoms with Crippen molar-refractivity contribution in [1.82, 2.24) is 29.1 Å². The van der Waals surface area contributed by atoms with E-state index in [1.54, 1.807) is 16.5 Å². The van der Waals surface area contributed by atoms with Crippen molar-refractivity contribution in [2.24, 2.45) is 10.7 Å². The summed E-state index contributed by atoms with van der Waals surface area (Å²) in [6.45, 7) is -4.95. The van der Waals surface area contributed by atoms with Crippen molar-refractivity contribution in [3.8, 4) is 0 Å². The number of hydrogen-bond acceptors (Lipinski definition) is 16. The number of aliphatic hydroxyl groups excluding tert-OH is 1. The first-order chi connectivity index (χ1) is 20.5. The number of aliphatic imine (C=N–C) groups is 1. The Hall–Kier alpha value is -3.39. The lowest BCUT2D eigenvalue weighted by molar-refractivity contribution is -0.0831. The first kappa shape index (κ1) is 28.4. The van der Waals surface area contributed by atoms with Crippen LogP contribution in [0.1, 0.15) is 30.6 Å². The Morgan fingerprint density at radius 1 is 1.14 bits per heavy atom. The molecule has 5 N–H and O–H groups in total. The van der Waals surface area contributed by atoms with Crippen LogP contribution in [0.5, 0.6) is 0 Å². The number of imidazole rings is 2. The van der Waals surface area contributed by atoms with Crippen LogP contribution in [0.4, 0.5) is 20.8 Å². The molecule has 4 aliphatic rings. The van der Waals surface area contributed by atoms with Gasteiger partial charge < -0.3 is 40.3 Å². The molecule has 3 fully saturated rings. The number of rotatable bonds is 2. The predicted octanol–water partition coefficient (Wildman–Crippen LogP) is 0.626. The number of anilines is 2. The van der Waals surface area contributed by atoms with Crippen LogP contribution >= 0.6 is 19.0 Å². The minimum Gasteiger partial charge on any atom is -0.431 e. The molecule has 7 rings (SSSR count). The van der Waals surface area contributed by atoms with E-state index < -0.39 is 74.7 Å². The van der Waals surface area contributed by atoms with E-state index in [2.05, 4.69) is 37.2 Å². The number of thiol groups is 1. The van der Waals surface area contributed by atoms with Crippen LogP contribution in [0.15, 0.2) is 24.0 Å². The molecule has 0 radical (unpaired) electrons. The summed E-state index contributed by atoms with van der Waals surface area (Å²) in [5, 5.41) is 11.2. The molecule has 6 heterocycles. The molecule has 0 spiro atoms. The third-order valence-electron chi connectivity index (χ3n) is 7.79. The zero-order chi connectivity index (χ0) is 30.2. The number of aromatic nitrogens is 6. The smallest absolute Gasteiger partial charge is 0.431 e. The standard InChI is InChI=1S/C22H26FN10O8PS/c1-31-5-30-18(25)13-20(31)32(6-29-13)8-2-9-14(34)15(8)39-22(35)37-3-10-16(41-42(36,43)40-9)11(23)21(38-10)33-7-28-12-17(24)26-4-27-19(12)33/h4-11,14-16,18,21,34H,2-3,25H2,1H3,(H,36,43)(H2,24,26,27)/t8-,9+,10-,11-,14-,15+,16-,18?,21-,42?/m1/s1. The number of nitrogens with zero attached hydrogens (tertiary/aromatic N) is 8. The summed E-state index contributed by atoms with van der Waals surface area (Å²) < 4.78 is 60.4. The van der Waals surface area contributed by atoms with E-state index >= 15 is 4.39 Å². The fourth-order valence-electron chi connectivity index (χ4n) is 5.84. The van der Waals surface area contributed by atoms with E-state index in [1.807, 2.05) is 0 Å². The molecule has 10 atom stereocenters. The monoisotopic (exact) mass is 640 g/mol. The Morgan fingerprint density at radius 2 is 1.93 bits per heavy atom. The molecule has 1 aliphatic carbocycles. The van der Waals surface area contributed by atoms with Gasteiger partial charge in [0.25, 0.3) is 0 Å². The molecule has 1 saturated carbocycles. The molecule has 0 amide bonds. The second-order valence-electron chi connectivity index (χ2n) is 10.4. The van der Waals surface area contributed by atoms with Crippen LogP contribution in [0.3, 0.4) is 0 Å². The van der Waals surface area contributed by atoms with Gasteiger partial charge in [-0.2, -0.15) is 0 Å². The van der Waals surface area contributed by atoms with E-state index in [-0.39, 0.29) is 23.4 Å². The van der Waals surface area contributed by atoms with Crippen molar-refractivity contribution in [3.05, 3.63) is 24.7 Å². The van der Waals surface area contributed by atoms with Gasteiger partial charge in [0.2, 0.25) is 0 Å². The van der Waals surface area contributed by atoms with Gasteiger partial charge in [-0.3, -0.25) is 18.6 Å². The number of aliphatic hydroxyl groups is 1. The highest BCUT2D eigenvalue weighted by Crippen LogP contribution is 2.59. The fraction of sp³-hybridized carbons (Fsp3) is 0.545. The zero-order valence-electron chi connectivity index (χ0n) is 22.2. The first-order valence-electron chi connectivity index (χ1n) is 13.0. The average molecular weight is 641 g/mol. The Kier molecular flexibility index (Phi) is 6.84. The largest absolute Gasteiger partial charge is 0.508 e. The lowest BCUT2D eigenvalue weighted by Gasteiger charge is -2.29. The second-order valence-corrected chi connectivity index (χ2v) is 13.2. The summed E-state index contributed by atoms with van der Waals surface area (Å²) in [4.78, 5) is 35.1. The maximum absolute atomic E-state index is 16.0. The highest BCUT2D eigenvalue weighted by Gasteiger charge is 2.54. The molecule has 2 bridgehead atoms. The molecule has 0 aromatic carbocycles. The molecule has 3 aliphatic heterocycles. The predicted molar refractivity (Wildman–Crippen MR) is 147 cm³/mol. The summed E-state index contributed by atoms with van der Waals surface area (Å²) in [5.74, 6) is 0.621. The number of hydrogen-bond donors (Lipinski definition) is 4. The van der Waals surface area contributed by atoms with Crippen molar-refractivity contribution in [3.63, 3.8) is 0 Å². The van der Waals surface area contributed by atoms with Crippen LogP contribution in [-0.2, 0) is 27.8 Å². The minimum atomic E-state index is -4.38. The van der Waals surface area contributed by atoms with E-state index in [1.165, 1.54) is 29.9 Å². The molecule has 3 aromatic heterocycles. The molecule has 2 unspecified atom stereocenters. The summed E-state index contributed by atoms with van der Waals surface area (Å²) in [6, 6.07) is -0.767. The van der Waals surface area contributed by atoms with Crippen molar-refractivity contribution in [2.75, 3.05) is 24.3 Å². The number of cyclic esters (lactones) is 1. The van der Waals surface area contributed by atoms with Crippen LogP contribution in [-0.4, -0.2) is 97.0 Å². The number of nitrogen functional groups attached to an aromatic ring is 1. The number of alkyl halides is 1. The maximum Gasteiger partial charge on any atom is 0.508 e. The average Bonchev–Trinajstić information content (AvgIpc) is 3.72. The van der Waals surface area contributed by atoms with E-state index in [9.17, 15) is 14.5 Å². The van der Waals surface area contributed by atoms with Crippen LogP contribution < -0.4 is 16.4 Å². The Morgan fingerprint density at radius 3 is 2.74 bits per heavy atom. The normalized spacial score (nSPS) is 37.7. The zero-order valence-corrected chi connectivity index (χ0v) is 24.0. The lowest BCUT2D eigenvalue weighted by atomic mass is 10.1. The van der Waals surface area contributed by atoms with Gasteiger partial charge in [0.1, 0.15) is 54.4 Å². The summed E-state index contributed by atoms with van der Waals surface area (Å²) in [5.41, 5.74) is 12.8. The maximum atomic E-state index is 16.0. The van der Waals surface area contributed by atoms with E-state index in [4.69, 9.17) is 34.7 Å². The van der Waals surface area contributed by atoms with Crippen LogP contribution in [0.2, 0.25) is 0 Å². The van der Waals surface area contributed by atoms with E-state index in [0.29, 0.717) is 11.5 Å². The number of carbonyl (C=O) groups excluding carboxylic acids is 1. The summed E-state index contributed by atoms with van der Waals surface area (Å²) in [6.07, 6.45) is -6.69. The van der Waals surface area contributed by atoms with Gasteiger partial charge >= 0.3 is 13.0 Å². The summed E-state index contributed by atoms with van der Waals surface area (Å²) >= 11 is 4.09. The van der Waals surface area contributed by atoms with Crippen LogP contribution in [0.25, 0.3) is 11.2 Å². The lowest BCUT2D eigenvalue weighted by Crippen LogP contribution is -2.40. The first-order valence-corrected chi connectivity index (χ1v) is 15.7. The quantitative estimate of drug-likeness (QED) is 0.171. The molecular weight excluding hydrogens is 614 g/mol. The Balaban J connectivity index is 1.18. The Labute approximate surface area is 246 Å². The number of halogens is 1. The van der Waals surface area contributed by atoms with Gasteiger partial charge in [0.15, 0.2) is 30.0 Å². The molecule has 18 nitrogen and oxygen atoms in total. The third-order valence-corrected chi connectivity index (χ3v) is 9.40. The topological polar surface area (TPSA) is 230 Å². The minimum absolute atomic E-state index is 0.0233. The molecule has 3 aromatic rings. The molecule has 230 valence electrons. The number of ether oxygens (including phenoxy) is 3. The number of carbonyl (C=O) groups is 1. The van der Waals surface area contributed by atoms with Gasteiger partial charge in [-0.15, -0.1) is 0 Å². The van der Waals surface area contributed by atoms with Gasteiger partial charge in [0.05, 0.1) is 31.1 Å². The highest BCUT2D eigenvalue weighted by atomic mass is 32.7. The molecule has 2 saturated heterocycles. The molecule has 43 heavy (non-hydrogen) atoms. The van der Waals surface area contributed by atoms with Crippen LogP contribution in [0, 0.1) is 0 Å². The van der Waals surface area contributed by atoms with Gasteiger partial charge in [0, 0.05) is 13.5 Å². The number of nitrogens with two attached hydrogens (primary N) is 2. The number of fused-ring (bicyclic) bond motifs is 5. The Bertz CT molecular complexity index is 1660. The van der Waals surface area contributed by atoms with Crippen molar-refractivity contribution < 1.29 is 42.1 Å². The highest BCUT2D eigenvalue weighted by molar-refractivity contribution is 8.44.